The van der Waals surface area contributed by atoms with Crippen LogP contribution in [0.4, 0.5) is 0 Å². The molecule has 0 aromatic carbocycles. The molecule has 0 radical (unpaired) electrons. The summed E-state index contributed by atoms with van der Waals surface area (Å²) in [5.41, 5.74) is 0. The second-order valence-corrected chi connectivity index (χ2v) is 27.0. The Labute approximate surface area is 522 Å². The van der Waals surface area contributed by atoms with Crippen LogP contribution in [0.25, 0.3) is 0 Å². The highest BCUT2D eigenvalue weighted by Crippen LogP contribution is 2.43. The van der Waals surface area contributed by atoms with Crippen molar-refractivity contribution in [3.8, 4) is 0 Å². The quantitative estimate of drug-likeness (QED) is 0.0243. The van der Waals surface area contributed by atoms with Crippen molar-refractivity contribution in [2.75, 3.05) is 40.9 Å². The number of aliphatic hydroxyl groups is 1. The molecule has 3 atom stereocenters. The zero-order chi connectivity index (χ0) is 61.2. The number of quaternary nitrogens is 1. The summed E-state index contributed by atoms with van der Waals surface area (Å²) in [5, 5.41) is 14.0. The van der Waals surface area contributed by atoms with E-state index in [1.54, 1.807) is 6.08 Å². The first-order valence-electron chi connectivity index (χ1n) is 36.0. The number of nitrogens with zero attached hydrogens (tertiary/aromatic N) is 1. The van der Waals surface area contributed by atoms with Gasteiger partial charge in [0.15, 0.2) is 0 Å². The summed E-state index contributed by atoms with van der Waals surface area (Å²) in [4.78, 5) is 23.4. The average molecular weight is 1200 g/mol. The maximum Gasteiger partial charge on any atom is 0.472 e. The van der Waals surface area contributed by atoms with Crippen molar-refractivity contribution >= 4 is 13.7 Å². The number of rotatable bonds is 66. The van der Waals surface area contributed by atoms with Crippen LogP contribution in [0.5, 0.6) is 0 Å². The van der Waals surface area contributed by atoms with Gasteiger partial charge in [0.25, 0.3) is 0 Å². The van der Waals surface area contributed by atoms with Gasteiger partial charge in [-0.1, -0.05) is 330 Å². The molecule has 0 heterocycles. The van der Waals surface area contributed by atoms with E-state index >= 15 is 0 Å². The predicted molar refractivity (Wildman–Crippen MR) is 369 cm³/mol. The van der Waals surface area contributed by atoms with Crippen molar-refractivity contribution in [3.63, 3.8) is 0 Å². The van der Waals surface area contributed by atoms with E-state index in [2.05, 4.69) is 92.1 Å². The van der Waals surface area contributed by atoms with Crippen LogP contribution in [-0.2, 0) is 18.4 Å². The lowest BCUT2D eigenvalue weighted by molar-refractivity contribution is -0.870. The lowest BCUT2D eigenvalue weighted by Gasteiger charge is -2.25. The average Bonchev–Trinajstić information content (AvgIpc) is 3.56. The number of carbonyl (C=O) groups is 1. The molecule has 0 aliphatic carbocycles. The minimum absolute atomic E-state index is 0.0529. The Morgan fingerprint density at radius 2 is 0.726 bits per heavy atom. The Morgan fingerprint density at radius 1 is 0.417 bits per heavy atom. The van der Waals surface area contributed by atoms with Crippen LogP contribution in [0.3, 0.4) is 0 Å². The summed E-state index contributed by atoms with van der Waals surface area (Å²) in [5.74, 6) is -0.186. The fourth-order valence-corrected chi connectivity index (χ4v) is 11.3. The second-order valence-electron chi connectivity index (χ2n) is 25.6. The van der Waals surface area contributed by atoms with Gasteiger partial charge in [-0.15, -0.1) is 0 Å². The highest BCUT2D eigenvalue weighted by molar-refractivity contribution is 7.47. The molecule has 0 bridgehead atoms. The first-order valence-corrected chi connectivity index (χ1v) is 37.5. The van der Waals surface area contributed by atoms with Crippen LogP contribution in [0.1, 0.15) is 335 Å². The molecule has 3 N–H and O–H groups in total. The molecule has 8 nitrogen and oxygen atoms in total. The van der Waals surface area contributed by atoms with Gasteiger partial charge in [-0.2, -0.15) is 0 Å². The highest BCUT2D eigenvalue weighted by atomic mass is 31.2. The van der Waals surface area contributed by atoms with Gasteiger partial charge < -0.3 is 19.8 Å². The number of hydrogen-bond donors (Lipinski definition) is 3. The number of hydrogen-bond acceptors (Lipinski definition) is 5. The minimum Gasteiger partial charge on any atom is -0.387 e. The van der Waals surface area contributed by atoms with Crippen molar-refractivity contribution < 1.29 is 32.9 Å². The number of phosphoric acid groups is 1. The van der Waals surface area contributed by atoms with Gasteiger partial charge in [0.05, 0.1) is 39.9 Å². The molecular weight excluding hydrogens is 1060 g/mol. The van der Waals surface area contributed by atoms with Crippen LogP contribution < -0.4 is 5.32 Å². The maximum absolute atomic E-state index is 13.1. The lowest BCUT2D eigenvalue weighted by Crippen LogP contribution is -2.45. The monoisotopic (exact) mass is 1200 g/mol. The molecule has 0 aliphatic heterocycles. The van der Waals surface area contributed by atoms with Gasteiger partial charge in [-0.3, -0.25) is 13.8 Å². The van der Waals surface area contributed by atoms with E-state index in [0.717, 1.165) is 70.6 Å². The van der Waals surface area contributed by atoms with E-state index in [-0.39, 0.29) is 19.1 Å². The number of amides is 1. The summed E-state index contributed by atoms with van der Waals surface area (Å²) < 4.78 is 23.8. The smallest absolute Gasteiger partial charge is 0.387 e. The lowest BCUT2D eigenvalue weighted by atomic mass is 10.0. The van der Waals surface area contributed by atoms with Gasteiger partial charge in [0.1, 0.15) is 13.2 Å². The van der Waals surface area contributed by atoms with E-state index in [9.17, 15) is 19.4 Å². The molecule has 490 valence electrons. The fraction of sp³-hybridized carbons (Fsp3) is 0.800. The second kappa shape index (κ2) is 65.1. The van der Waals surface area contributed by atoms with Crippen molar-refractivity contribution in [3.05, 3.63) is 85.1 Å². The first kappa shape index (κ1) is 81.7. The van der Waals surface area contributed by atoms with E-state index in [1.807, 2.05) is 27.2 Å². The SMILES string of the molecule is CC/C=C\C/C=C\C/C=C\C/C=C\CCCCCCCCCCCCCCCCCCCCCCCCCCC(=O)NC(COP(=O)(O)OCC[N+](C)(C)C)C(O)/C=C/CC/C=C/CC/C=C/CCCCCCCCCCCCCCCCC. The van der Waals surface area contributed by atoms with Crippen LogP contribution in [0.2, 0.25) is 0 Å². The van der Waals surface area contributed by atoms with Gasteiger partial charge >= 0.3 is 7.82 Å². The van der Waals surface area contributed by atoms with Crippen molar-refractivity contribution in [2.45, 2.75) is 347 Å². The Bertz CT molecular complexity index is 1650. The summed E-state index contributed by atoms with van der Waals surface area (Å²) >= 11 is 0. The fourth-order valence-electron chi connectivity index (χ4n) is 10.5. The molecule has 0 saturated carbocycles. The molecule has 3 unspecified atom stereocenters. The number of nitrogens with one attached hydrogen (secondary N) is 1. The molecule has 0 aromatic rings. The van der Waals surface area contributed by atoms with E-state index in [0.29, 0.717) is 17.4 Å². The molecule has 0 aromatic heterocycles. The van der Waals surface area contributed by atoms with Crippen molar-refractivity contribution in [1.82, 2.24) is 5.32 Å². The summed E-state index contributed by atoms with van der Waals surface area (Å²) in [7, 11) is 1.55. The predicted octanol–water partition coefficient (Wildman–Crippen LogP) is 23.1. The van der Waals surface area contributed by atoms with Gasteiger partial charge in [0, 0.05) is 6.42 Å². The third-order valence-corrected chi connectivity index (χ3v) is 17.1. The third kappa shape index (κ3) is 67.2. The Hall–Kier alpha value is -2.32. The zero-order valence-electron chi connectivity index (χ0n) is 56.1. The van der Waals surface area contributed by atoms with Crippen LogP contribution in [-0.4, -0.2) is 73.4 Å². The standard InChI is InChI=1S/C75H139N2O6P/c1-6-8-10-12-14-16-18-20-22-24-26-28-30-32-33-34-35-36-37-38-39-40-41-42-43-45-47-49-51-53-55-57-59-61-63-65-67-69-75(79)76-73(72-83-84(80,81)82-71-70-77(3,4)5)74(78)68-66-64-62-60-58-56-54-52-50-48-46-44-31-29-27-25-23-21-19-17-15-13-11-9-7-2/h8,10,14,16,20,22,26,28,50,52,58,60,66,68,73-74,78H,6-7,9,11-13,15,17-19,21,23-25,27,29-49,51,53-57,59,61-65,67,69-72H2,1-5H3,(H-,76,79,80,81)/p+1/b10-8-,16-14-,22-20-,28-26-,52-50+,60-58+,68-66+. The molecule has 9 heteroatoms. The van der Waals surface area contributed by atoms with Crippen LogP contribution in [0.15, 0.2) is 85.1 Å². The van der Waals surface area contributed by atoms with E-state index in [1.165, 1.54) is 244 Å². The molecule has 0 rings (SSSR count). The topological polar surface area (TPSA) is 105 Å². The molecule has 0 aliphatic rings. The third-order valence-electron chi connectivity index (χ3n) is 16.1. The Kier molecular flexibility index (Phi) is 63.3. The zero-order valence-corrected chi connectivity index (χ0v) is 57.0. The number of carbonyl (C=O) groups excluding carboxylic acids is 1. The van der Waals surface area contributed by atoms with Gasteiger partial charge in [0.2, 0.25) is 5.91 Å². The van der Waals surface area contributed by atoms with E-state index < -0.39 is 20.0 Å². The molecule has 0 spiro atoms. The van der Waals surface area contributed by atoms with Crippen molar-refractivity contribution in [1.29, 1.82) is 0 Å². The van der Waals surface area contributed by atoms with Crippen LogP contribution in [0, 0.1) is 0 Å². The number of unbranched alkanes of at least 4 members (excludes halogenated alkanes) is 41. The summed E-state index contributed by atoms with van der Waals surface area (Å²) in [6.07, 6.45) is 93.2. The van der Waals surface area contributed by atoms with Crippen molar-refractivity contribution in [2.24, 2.45) is 0 Å². The number of phosphoric ester groups is 1. The Balaban J connectivity index is 4.04. The number of aliphatic hydroxyl groups excluding tert-OH is 1. The number of allylic oxidation sites excluding steroid dienone is 13. The van der Waals surface area contributed by atoms with Crippen LogP contribution >= 0.6 is 7.82 Å². The molecule has 84 heavy (non-hydrogen) atoms. The molecular formula is C75H140N2O6P+. The molecule has 1 amide bonds. The highest BCUT2D eigenvalue weighted by Gasteiger charge is 2.28. The largest absolute Gasteiger partial charge is 0.472 e. The maximum atomic E-state index is 13.1. The van der Waals surface area contributed by atoms with E-state index in [4.69, 9.17) is 9.05 Å². The minimum atomic E-state index is -4.37. The first-order chi connectivity index (χ1) is 41.0. The normalized spacial score (nSPS) is 14.1. The molecule has 0 fully saturated rings. The van der Waals surface area contributed by atoms with Gasteiger partial charge in [-0.05, 0) is 83.5 Å². The molecule has 0 saturated heterocycles. The van der Waals surface area contributed by atoms with Gasteiger partial charge in [-0.25, -0.2) is 4.57 Å². The Morgan fingerprint density at radius 3 is 1.10 bits per heavy atom. The summed E-state index contributed by atoms with van der Waals surface area (Å²) in [6.45, 7) is 4.71. The summed E-state index contributed by atoms with van der Waals surface area (Å²) in [6, 6.07) is -0.873. The number of likely N-dealkylation sites (N-methyl/N-ethyl adjacent to an activating group) is 1.